The Hall–Kier alpha value is -1.11. The van der Waals surface area contributed by atoms with E-state index in [9.17, 15) is 8.42 Å². The van der Waals surface area contributed by atoms with E-state index >= 15 is 0 Å². The summed E-state index contributed by atoms with van der Waals surface area (Å²) in [5.41, 5.74) is 8.00. The van der Waals surface area contributed by atoms with E-state index in [4.69, 9.17) is 10.5 Å². The van der Waals surface area contributed by atoms with E-state index in [0.29, 0.717) is 12.3 Å². The van der Waals surface area contributed by atoms with Crippen LogP contribution in [0.25, 0.3) is 0 Å². The minimum absolute atomic E-state index is 0.189. The number of sulfonamides is 1. The van der Waals surface area contributed by atoms with Crippen LogP contribution in [-0.4, -0.2) is 28.7 Å². The average Bonchev–Trinajstić information content (AvgIpc) is 2.25. The predicted molar refractivity (Wildman–Crippen MR) is 67.4 cm³/mol. The van der Waals surface area contributed by atoms with E-state index in [1.165, 1.54) is 13.2 Å². The monoisotopic (exact) mass is 258 g/mol. The van der Waals surface area contributed by atoms with Crippen molar-refractivity contribution in [2.24, 2.45) is 0 Å². The molecule has 0 amide bonds. The third-order valence-corrected chi connectivity index (χ3v) is 4.03. The number of nitrogens with two attached hydrogens (primary N) is 1. The Bertz CT molecular complexity index is 474. The Morgan fingerprint density at radius 3 is 2.53 bits per heavy atom. The van der Waals surface area contributed by atoms with Crippen molar-refractivity contribution >= 4 is 15.7 Å². The zero-order valence-corrected chi connectivity index (χ0v) is 11.1. The third-order valence-electron chi connectivity index (χ3n) is 2.59. The summed E-state index contributed by atoms with van der Waals surface area (Å²) < 4.78 is 31.0. The molecule has 17 heavy (non-hydrogen) atoms. The van der Waals surface area contributed by atoms with Crippen molar-refractivity contribution in [2.45, 2.75) is 18.7 Å². The van der Waals surface area contributed by atoms with Crippen LogP contribution in [-0.2, 0) is 14.8 Å². The number of hydrogen-bond acceptors (Lipinski definition) is 4. The summed E-state index contributed by atoms with van der Waals surface area (Å²) in [5.74, 6) is 0. The summed E-state index contributed by atoms with van der Waals surface area (Å²) in [6.07, 6.45) is 0. The highest BCUT2D eigenvalue weighted by atomic mass is 32.2. The largest absolute Gasteiger partial charge is 0.398 e. The molecule has 0 aliphatic carbocycles. The fourth-order valence-electron chi connectivity index (χ4n) is 1.37. The van der Waals surface area contributed by atoms with Gasteiger partial charge in [-0.3, -0.25) is 0 Å². The van der Waals surface area contributed by atoms with Crippen molar-refractivity contribution < 1.29 is 13.2 Å². The first-order valence-electron chi connectivity index (χ1n) is 5.24. The van der Waals surface area contributed by atoms with E-state index in [-0.39, 0.29) is 11.4 Å². The summed E-state index contributed by atoms with van der Waals surface area (Å²) in [4.78, 5) is 0.189. The highest BCUT2D eigenvalue weighted by Crippen LogP contribution is 2.21. The SMILES string of the molecule is COCCNS(=O)(=O)c1cc(C)c(C)c(N)c1. The van der Waals surface area contributed by atoms with Gasteiger partial charge < -0.3 is 10.5 Å². The molecule has 0 aliphatic rings. The van der Waals surface area contributed by atoms with E-state index in [1.54, 1.807) is 6.07 Å². The number of nitrogens with one attached hydrogen (secondary N) is 1. The molecule has 0 fully saturated rings. The maximum absolute atomic E-state index is 11.9. The van der Waals surface area contributed by atoms with Gasteiger partial charge in [-0.15, -0.1) is 0 Å². The first-order valence-corrected chi connectivity index (χ1v) is 6.72. The van der Waals surface area contributed by atoms with Crippen LogP contribution in [0.3, 0.4) is 0 Å². The molecule has 0 aliphatic heterocycles. The molecule has 6 heteroatoms. The topological polar surface area (TPSA) is 81.4 Å². The number of benzene rings is 1. The summed E-state index contributed by atoms with van der Waals surface area (Å²) in [5, 5.41) is 0. The van der Waals surface area contributed by atoms with Gasteiger partial charge >= 0.3 is 0 Å². The molecular formula is C11H18N2O3S. The maximum Gasteiger partial charge on any atom is 0.240 e. The van der Waals surface area contributed by atoms with Gasteiger partial charge in [0.2, 0.25) is 10.0 Å². The lowest BCUT2D eigenvalue weighted by atomic mass is 10.1. The number of rotatable bonds is 5. The van der Waals surface area contributed by atoms with Crippen LogP contribution >= 0.6 is 0 Å². The Morgan fingerprint density at radius 2 is 2.00 bits per heavy atom. The Kier molecular flexibility index (Phi) is 4.50. The molecule has 96 valence electrons. The van der Waals surface area contributed by atoms with Crippen LogP contribution in [0.15, 0.2) is 17.0 Å². The second-order valence-electron chi connectivity index (χ2n) is 3.84. The fourth-order valence-corrected chi connectivity index (χ4v) is 2.50. The number of hydrogen-bond donors (Lipinski definition) is 2. The summed E-state index contributed by atoms with van der Waals surface area (Å²) >= 11 is 0. The third kappa shape index (κ3) is 3.42. The van der Waals surface area contributed by atoms with Crippen LogP contribution in [0.4, 0.5) is 5.69 Å². The molecule has 0 bridgehead atoms. The molecule has 5 nitrogen and oxygen atoms in total. The maximum atomic E-state index is 11.9. The predicted octanol–water partition coefficient (Wildman–Crippen LogP) is 0.810. The van der Waals surface area contributed by atoms with Crippen LogP contribution in [0.1, 0.15) is 11.1 Å². The smallest absolute Gasteiger partial charge is 0.240 e. The van der Waals surface area contributed by atoms with Crippen LogP contribution in [0.5, 0.6) is 0 Å². The van der Waals surface area contributed by atoms with E-state index in [2.05, 4.69) is 4.72 Å². The van der Waals surface area contributed by atoms with Crippen molar-refractivity contribution in [3.05, 3.63) is 23.3 Å². The highest BCUT2D eigenvalue weighted by molar-refractivity contribution is 7.89. The molecular weight excluding hydrogens is 240 g/mol. The first-order chi connectivity index (χ1) is 7.88. The van der Waals surface area contributed by atoms with E-state index in [1.807, 2.05) is 13.8 Å². The molecule has 0 atom stereocenters. The fraction of sp³-hybridized carbons (Fsp3) is 0.455. The second-order valence-corrected chi connectivity index (χ2v) is 5.61. The van der Waals surface area contributed by atoms with Gasteiger partial charge in [-0.25, -0.2) is 13.1 Å². The Balaban J connectivity index is 2.99. The molecule has 3 N–H and O–H groups in total. The molecule has 0 spiro atoms. The van der Waals surface area contributed by atoms with Crippen molar-refractivity contribution in [2.75, 3.05) is 26.0 Å². The molecule has 1 aromatic rings. The number of nitrogen functional groups attached to an aromatic ring is 1. The van der Waals surface area contributed by atoms with E-state index < -0.39 is 10.0 Å². The van der Waals surface area contributed by atoms with Gasteiger partial charge in [0, 0.05) is 19.3 Å². The van der Waals surface area contributed by atoms with Gasteiger partial charge in [0.1, 0.15) is 0 Å². The lowest BCUT2D eigenvalue weighted by Gasteiger charge is -2.10. The standard InChI is InChI=1S/C11H18N2O3S/c1-8-6-10(7-11(12)9(8)2)17(14,15)13-4-5-16-3/h6-7,13H,4-5,12H2,1-3H3. The molecule has 1 rings (SSSR count). The molecule has 0 saturated carbocycles. The van der Waals surface area contributed by atoms with Crippen molar-refractivity contribution in [3.8, 4) is 0 Å². The van der Waals surface area contributed by atoms with Gasteiger partial charge in [-0.1, -0.05) is 0 Å². The highest BCUT2D eigenvalue weighted by Gasteiger charge is 2.15. The lowest BCUT2D eigenvalue weighted by molar-refractivity contribution is 0.204. The minimum atomic E-state index is -3.50. The Morgan fingerprint density at radius 1 is 1.35 bits per heavy atom. The van der Waals surface area contributed by atoms with E-state index in [0.717, 1.165) is 11.1 Å². The zero-order valence-electron chi connectivity index (χ0n) is 10.3. The van der Waals surface area contributed by atoms with Gasteiger partial charge in [0.15, 0.2) is 0 Å². The molecule has 0 heterocycles. The quantitative estimate of drug-likeness (QED) is 0.605. The summed E-state index contributed by atoms with van der Waals surface area (Å²) in [6.45, 7) is 4.27. The van der Waals surface area contributed by atoms with Crippen LogP contribution in [0, 0.1) is 13.8 Å². The Labute approximate surface area is 102 Å². The number of ether oxygens (including phenoxy) is 1. The van der Waals surface area contributed by atoms with Crippen LogP contribution < -0.4 is 10.5 Å². The molecule has 0 unspecified atom stereocenters. The summed E-state index contributed by atoms with van der Waals surface area (Å²) in [6, 6.07) is 3.08. The molecule has 1 aromatic carbocycles. The van der Waals surface area contributed by atoms with Crippen molar-refractivity contribution in [3.63, 3.8) is 0 Å². The molecule has 0 aromatic heterocycles. The minimum Gasteiger partial charge on any atom is -0.398 e. The summed E-state index contributed by atoms with van der Waals surface area (Å²) in [7, 11) is -1.99. The number of anilines is 1. The van der Waals surface area contributed by atoms with Crippen molar-refractivity contribution in [1.29, 1.82) is 0 Å². The van der Waals surface area contributed by atoms with Crippen molar-refractivity contribution in [1.82, 2.24) is 4.72 Å². The van der Waals surface area contributed by atoms with Gasteiger partial charge in [-0.2, -0.15) is 0 Å². The number of methoxy groups -OCH3 is 1. The zero-order chi connectivity index (χ0) is 13.1. The van der Waals surface area contributed by atoms with Gasteiger partial charge in [0.05, 0.1) is 11.5 Å². The average molecular weight is 258 g/mol. The second kappa shape index (κ2) is 5.48. The first kappa shape index (κ1) is 14.0. The molecule has 0 saturated heterocycles. The van der Waals surface area contributed by atoms with Gasteiger partial charge in [0.25, 0.3) is 0 Å². The normalized spacial score (nSPS) is 11.7. The van der Waals surface area contributed by atoms with Gasteiger partial charge in [-0.05, 0) is 37.1 Å². The lowest BCUT2D eigenvalue weighted by Crippen LogP contribution is -2.27. The number of aryl methyl sites for hydroxylation is 1. The molecule has 0 radical (unpaired) electrons. The van der Waals surface area contributed by atoms with Crippen LogP contribution in [0.2, 0.25) is 0 Å².